The highest BCUT2D eigenvalue weighted by Gasteiger charge is 2.61. The molecule has 4 bridgehead atoms. The van der Waals surface area contributed by atoms with Gasteiger partial charge in [0, 0.05) is 22.3 Å². The van der Waals surface area contributed by atoms with E-state index in [1.165, 1.54) is 6.07 Å². The zero-order valence-electron chi connectivity index (χ0n) is 18.8. The van der Waals surface area contributed by atoms with Crippen molar-refractivity contribution in [3.63, 3.8) is 0 Å². The molecule has 4 aliphatic rings. The van der Waals surface area contributed by atoms with Gasteiger partial charge >= 0.3 is 0 Å². The third-order valence-electron chi connectivity index (χ3n) is 8.05. The van der Waals surface area contributed by atoms with Crippen molar-refractivity contribution in [2.75, 3.05) is 5.32 Å². The zero-order chi connectivity index (χ0) is 23.7. The fourth-order valence-corrected chi connectivity index (χ4v) is 7.38. The summed E-state index contributed by atoms with van der Waals surface area (Å²) in [5.74, 6) is 1.07. The SMILES string of the molecule is Cc1cc(NC(=O)C23CC4CC(C2)CC(n2cnc(Cl)n2)(C4)C3)nn1Cc1c(F)cccc1Cl. The standard InChI is InChI=1S/C24H25Cl2FN6O/c1-14-5-20(30-32(14)11-17-18(25)3-2-4-19(17)27)29-21(34)23-7-15-6-16(8-23)10-24(9-15,12-23)33-13-28-22(26)31-33/h2-5,13,15-16H,6-12H2,1H3,(H,29,30,34). The van der Waals surface area contributed by atoms with E-state index in [2.05, 4.69) is 20.5 Å². The molecule has 1 aromatic carbocycles. The molecular formula is C24H25Cl2FN6O. The van der Waals surface area contributed by atoms with E-state index in [9.17, 15) is 9.18 Å². The summed E-state index contributed by atoms with van der Waals surface area (Å²) >= 11 is 12.2. The van der Waals surface area contributed by atoms with Gasteiger partial charge < -0.3 is 5.32 Å². The molecular weight excluding hydrogens is 478 g/mol. The van der Waals surface area contributed by atoms with Crippen LogP contribution in [0.25, 0.3) is 0 Å². The number of benzene rings is 1. The molecule has 2 unspecified atom stereocenters. The second kappa shape index (κ2) is 7.78. The summed E-state index contributed by atoms with van der Waals surface area (Å²) in [4.78, 5) is 17.9. The molecule has 2 heterocycles. The van der Waals surface area contributed by atoms with E-state index in [0.717, 1.165) is 44.2 Å². The lowest BCUT2D eigenvalue weighted by molar-refractivity contribution is -0.150. The fourth-order valence-electron chi connectivity index (χ4n) is 7.03. The Labute approximate surface area is 206 Å². The first-order valence-corrected chi connectivity index (χ1v) is 12.4. The average Bonchev–Trinajstić information content (AvgIpc) is 3.35. The molecule has 0 saturated heterocycles. The number of rotatable bonds is 5. The van der Waals surface area contributed by atoms with Crippen LogP contribution in [0.1, 0.15) is 49.8 Å². The Hall–Kier alpha value is -2.45. The van der Waals surface area contributed by atoms with Crippen LogP contribution >= 0.6 is 23.2 Å². The summed E-state index contributed by atoms with van der Waals surface area (Å²) in [7, 11) is 0. The van der Waals surface area contributed by atoms with Crippen LogP contribution in [0.2, 0.25) is 10.3 Å². The number of carbonyl (C=O) groups excluding carboxylic acids is 1. The summed E-state index contributed by atoms with van der Waals surface area (Å²) < 4.78 is 17.8. The van der Waals surface area contributed by atoms with Gasteiger partial charge in [0.1, 0.15) is 12.1 Å². The normalized spacial score (nSPS) is 29.5. The first-order valence-electron chi connectivity index (χ1n) is 11.6. The molecule has 4 fully saturated rings. The largest absolute Gasteiger partial charge is 0.309 e. The number of nitrogens with one attached hydrogen (secondary N) is 1. The van der Waals surface area contributed by atoms with Crippen molar-refractivity contribution < 1.29 is 9.18 Å². The van der Waals surface area contributed by atoms with Crippen LogP contribution in [0.15, 0.2) is 30.6 Å². The van der Waals surface area contributed by atoms with E-state index in [0.29, 0.717) is 28.2 Å². The molecule has 4 saturated carbocycles. The van der Waals surface area contributed by atoms with Crippen molar-refractivity contribution in [2.45, 2.75) is 57.5 Å². The van der Waals surface area contributed by atoms with E-state index < -0.39 is 5.41 Å². The highest BCUT2D eigenvalue weighted by molar-refractivity contribution is 6.31. The van der Waals surface area contributed by atoms with Gasteiger partial charge in [0.2, 0.25) is 11.2 Å². The number of nitrogens with zero attached hydrogens (tertiary/aromatic N) is 5. The molecule has 3 aromatic rings. The Kier molecular flexibility index (Phi) is 5.04. The van der Waals surface area contributed by atoms with Crippen LogP contribution in [-0.4, -0.2) is 30.5 Å². The molecule has 1 amide bonds. The maximum absolute atomic E-state index is 14.3. The number of hydrogen-bond donors (Lipinski definition) is 1. The Morgan fingerprint density at radius 2 is 1.97 bits per heavy atom. The summed E-state index contributed by atoms with van der Waals surface area (Å²) in [6.07, 6.45) is 7.37. The van der Waals surface area contributed by atoms with Gasteiger partial charge in [-0.05, 0) is 81.0 Å². The minimum absolute atomic E-state index is 0.00533. The third kappa shape index (κ3) is 3.53. The van der Waals surface area contributed by atoms with E-state index >= 15 is 0 Å². The lowest BCUT2D eigenvalue weighted by atomic mass is 9.46. The van der Waals surface area contributed by atoms with E-state index in [4.69, 9.17) is 23.2 Å². The predicted molar refractivity (Wildman–Crippen MR) is 126 cm³/mol. The van der Waals surface area contributed by atoms with Crippen molar-refractivity contribution >= 4 is 34.9 Å². The van der Waals surface area contributed by atoms with Gasteiger partial charge in [-0.25, -0.2) is 14.1 Å². The first-order chi connectivity index (χ1) is 16.3. The van der Waals surface area contributed by atoms with Crippen LogP contribution < -0.4 is 5.32 Å². The molecule has 10 heteroatoms. The number of carbonyl (C=O) groups is 1. The Morgan fingerprint density at radius 3 is 2.65 bits per heavy atom. The van der Waals surface area contributed by atoms with Crippen LogP contribution in [0.5, 0.6) is 0 Å². The smallest absolute Gasteiger partial charge is 0.242 e. The van der Waals surface area contributed by atoms with Crippen molar-refractivity contribution in [2.24, 2.45) is 17.3 Å². The summed E-state index contributed by atoms with van der Waals surface area (Å²) in [6.45, 7) is 2.07. The van der Waals surface area contributed by atoms with Crippen molar-refractivity contribution in [3.8, 4) is 0 Å². The third-order valence-corrected chi connectivity index (χ3v) is 8.58. The molecule has 0 radical (unpaired) electrons. The van der Waals surface area contributed by atoms with Gasteiger partial charge in [-0.3, -0.25) is 9.48 Å². The Balaban J connectivity index is 1.25. The van der Waals surface area contributed by atoms with Crippen LogP contribution in [0.3, 0.4) is 0 Å². The molecule has 34 heavy (non-hydrogen) atoms. The number of hydrogen-bond acceptors (Lipinski definition) is 4. The van der Waals surface area contributed by atoms with Gasteiger partial charge in [0.15, 0.2) is 5.82 Å². The summed E-state index contributed by atoms with van der Waals surface area (Å²) in [5.41, 5.74) is 0.518. The summed E-state index contributed by atoms with van der Waals surface area (Å²) in [6, 6.07) is 6.44. The Morgan fingerprint density at radius 1 is 1.21 bits per heavy atom. The van der Waals surface area contributed by atoms with Gasteiger partial charge in [-0.15, -0.1) is 5.10 Å². The maximum Gasteiger partial charge on any atom is 0.242 e. The van der Waals surface area contributed by atoms with Crippen molar-refractivity contribution in [3.05, 3.63) is 58.0 Å². The highest BCUT2D eigenvalue weighted by atomic mass is 35.5. The number of aryl methyl sites for hydroxylation is 1. The summed E-state index contributed by atoms with van der Waals surface area (Å²) in [5, 5.41) is 12.6. The number of halogens is 3. The molecule has 0 spiro atoms. The topological polar surface area (TPSA) is 77.6 Å². The molecule has 2 aromatic heterocycles. The molecule has 0 aliphatic heterocycles. The van der Waals surface area contributed by atoms with Crippen molar-refractivity contribution in [1.29, 1.82) is 0 Å². The van der Waals surface area contributed by atoms with Crippen LogP contribution in [0, 0.1) is 30.0 Å². The molecule has 1 N–H and O–H groups in total. The van der Waals surface area contributed by atoms with E-state index in [1.807, 2.05) is 17.7 Å². The molecule has 7 nitrogen and oxygen atoms in total. The minimum Gasteiger partial charge on any atom is -0.309 e. The maximum atomic E-state index is 14.3. The number of amides is 1. The second-order valence-electron chi connectivity index (χ2n) is 10.4. The number of anilines is 1. The Bertz CT molecular complexity index is 1250. The average molecular weight is 503 g/mol. The first kappa shape index (κ1) is 22.0. The zero-order valence-corrected chi connectivity index (χ0v) is 20.3. The van der Waals surface area contributed by atoms with Gasteiger partial charge in [0.25, 0.3) is 0 Å². The van der Waals surface area contributed by atoms with Crippen LogP contribution in [0.4, 0.5) is 10.2 Å². The molecule has 4 aliphatic carbocycles. The molecule has 178 valence electrons. The lowest BCUT2D eigenvalue weighted by Crippen LogP contribution is -2.60. The minimum atomic E-state index is -0.463. The van der Waals surface area contributed by atoms with Crippen LogP contribution in [-0.2, 0) is 16.9 Å². The second-order valence-corrected chi connectivity index (χ2v) is 11.2. The molecule has 2 atom stereocenters. The molecule has 7 rings (SSSR count). The van der Waals surface area contributed by atoms with Crippen molar-refractivity contribution in [1.82, 2.24) is 24.5 Å². The van der Waals surface area contributed by atoms with Gasteiger partial charge in [-0.2, -0.15) is 5.10 Å². The van der Waals surface area contributed by atoms with E-state index in [-0.39, 0.29) is 29.1 Å². The van der Waals surface area contributed by atoms with E-state index in [1.54, 1.807) is 23.1 Å². The monoisotopic (exact) mass is 502 g/mol. The van der Waals surface area contributed by atoms with Gasteiger partial charge in [0.05, 0.1) is 17.5 Å². The highest BCUT2D eigenvalue weighted by Crippen LogP contribution is 2.64. The fraction of sp³-hybridized carbons (Fsp3) is 0.500. The van der Waals surface area contributed by atoms with Gasteiger partial charge in [-0.1, -0.05) is 17.7 Å². The quantitative estimate of drug-likeness (QED) is 0.519. The lowest BCUT2D eigenvalue weighted by Gasteiger charge is -2.60. The number of aromatic nitrogens is 5. The predicted octanol–water partition coefficient (Wildman–Crippen LogP) is 5.21.